The molecule has 5 heteroatoms. The summed E-state index contributed by atoms with van der Waals surface area (Å²) in [6.45, 7) is 0. The van der Waals surface area contributed by atoms with Gasteiger partial charge in [-0.15, -0.1) is 11.6 Å². The molecule has 0 spiro atoms. The summed E-state index contributed by atoms with van der Waals surface area (Å²) in [6.07, 6.45) is 4.49. The van der Waals surface area contributed by atoms with Gasteiger partial charge in [-0.2, -0.15) is 0 Å². The maximum atomic E-state index is 12.4. The predicted molar refractivity (Wildman–Crippen MR) is 83.6 cm³/mol. The maximum absolute atomic E-state index is 12.4. The Hall–Kier alpha value is -0.580. The van der Waals surface area contributed by atoms with Gasteiger partial charge in [-0.25, -0.2) is 12.7 Å². The Balaban J connectivity index is 1.98. The summed E-state index contributed by atoms with van der Waals surface area (Å²) < 4.78 is 26.3. The van der Waals surface area contributed by atoms with Crippen LogP contribution in [0.4, 0.5) is 0 Å². The van der Waals surface area contributed by atoms with E-state index >= 15 is 0 Å². The second-order valence-corrected chi connectivity index (χ2v) is 8.14. The second kappa shape index (κ2) is 6.92. The van der Waals surface area contributed by atoms with Gasteiger partial charge in [0, 0.05) is 13.1 Å². The number of nitrogens with zero attached hydrogens (tertiary/aromatic N) is 1. The van der Waals surface area contributed by atoms with Gasteiger partial charge in [-0.3, -0.25) is 0 Å². The second-order valence-electron chi connectivity index (χ2n) is 5.44. The molecule has 1 aromatic carbocycles. The van der Waals surface area contributed by atoms with Crippen molar-refractivity contribution in [3.05, 3.63) is 35.9 Å². The first-order valence-electron chi connectivity index (χ1n) is 7.14. The maximum Gasteiger partial charge on any atom is 0.214 e. The Morgan fingerprint density at radius 3 is 2.50 bits per heavy atom. The van der Waals surface area contributed by atoms with Crippen molar-refractivity contribution in [3.8, 4) is 0 Å². The molecule has 2 unspecified atom stereocenters. The highest BCUT2D eigenvalue weighted by atomic mass is 35.5. The van der Waals surface area contributed by atoms with E-state index in [1.165, 1.54) is 4.31 Å². The van der Waals surface area contributed by atoms with E-state index in [1.54, 1.807) is 7.05 Å². The minimum Gasteiger partial charge on any atom is -0.212 e. The van der Waals surface area contributed by atoms with Crippen LogP contribution < -0.4 is 0 Å². The van der Waals surface area contributed by atoms with E-state index in [-0.39, 0.29) is 17.2 Å². The van der Waals surface area contributed by atoms with Crippen LogP contribution in [0, 0.1) is 0 Å². The number of hydrogen-bond acceptors (Lipinski definition) is 2. The topological polar surface area (TPSA) is 37.4 Å². The number of halogens is 1. The summed E-state index contributed by atoms with van der Waals surface area (Å²) in [4.78, 5) is 0. The molecule has 0 heterocycles. The standard InChI is InChI=1S/C15H22ClNO2S/c1-17(15-10-6-5-9-14(15)16)20(18,19)12-11-13-7-3-2-4-8-13/h2-4,7-8,14-15H,5-6,9-12H2,1H3. The van der Waals surface area contributed by atoms with Crippen molar-refractivity contribution in [1.29, 1.82) is 0 Å². The van der Waals surface area contributed by atoms with Gasteiger partial charge in [0.25, 0.3) is 0 Å². The van der Waals surface area contributed by atoms with Gasteiger partial charge in [0.05, 0.1) is 11.1 Å². The summed E-state index contributed by atoms with van der Waals surface area (Å²) in [5.74, 6) is 0.146. The van der Waals surface area contributed by atoms with Crippen LogP contribution in [0.25, 0.3) is 0 Å². The van der Waals surface area contributed by atoms with Crippen LogP contribution in [0.2, 0.25) is 0 Å². The van der Waals surface area contributed by atoms with E-state index in [0.717, 1.165) is 31.2 Å². The van der Waals surface area contributed by atoms with E-state index in [0.29, 0.717) is 6.42 Å². The lowest BCUT2D eigenvalue weighted by Gasteiger charge is -2.34. The van der Waals surface area contributed by atoms with Crippen molar-refractivity contribution in [3.63, 3.8) is 0 Å². The average molecular weight is 316 g/mol. The van der Waals surface area contributed by atoms with Crippen molar-refractivity contribution in [2.75, 3.05) is 12.8 Å². The van der Waals surface area contributed by atoms with Crippen LogP contribution in [-0.4, -0.2) is 36.9 Å². The van der Waals surface area contributed by atoms with Gasteiger partial charge < -0.3 is 0 Å². The molecule has 0 aliphatic heterocycles. The quantitative estimate of drug-likeness (QED) is 0.783. The summed E-state index contributed by atoms with van der Waals surface area (Å²) in [5.41, 5.74) is 1.05. The molecule has 0 amide bonds. The number of rotatable bonds is 5. The highest BCUT2D eigenvalue weighted by Gasteiger charge is 2.32. The molecule has 0 radical (unpaired) electrons. The van der Waals surface area contributed by atoms with E-state index in [4.69, 9.17) is 11.6 Å². The highest BCUT2D eigenvalue weighted by molar-refractivity contribution is 7.89. The van der Waals surface area contributed by atoms with Gasteiger partial charge in [0.2, 0.25) is 10.0 Å². The van der Waals surface area contributed by atoms with Crippen LogP contribution in [0.3, 0.4) is 0 Å². The number of aryl methyl sites for hydroxylation is 1. The molecule has 2 atom stereocenters. The normalized spacial score (nSPS) is 23.9. The molecule has 1 aromatic rings. The number of sulfonamides is 1. The molecule has 112 valence electrons. The molecule has 0 bridgehead atoms. The fraction of sp³-hybridized carbons (Fsp3) is 0.600. The van der Waals surface area contributed by atoms with Gasteiger partial charge in [-0.05, 0) is 24.8 Å². The lowest BCUT2D eigenvalue weighted by atomic mass is 9.95. The third-order valence-electron chi connectivity index (χ3n) is 4.04. The zero-order valence-electron chi connectivity index (χ0n) is 11.8. The Kier molecular flexibility index (Phi) is 5.47. The Labute approximate surface area is 127 Å². The van der Waals surface area contributed by atoms with Crippen LogP contribution in [0.5, 0.6) is 0 Å². The third kappa shape index (κ3) is 3.96. The SMILES string of the molecule is CN(C1CCCCC1Cl)S(=O)(=O)CCc1ccccc1. The summed E-state index contributed by atoms with van der Waals surface area (Å²) in [5, 5.41) is -0.0553. The fourth-order valence-electron chi connectivity index (χ4n) is 2.72. The number of hydrogen-bond donors (Lipinski definition) is 0. The molecule has 20 heavy (non-hydrogen) atoms. The van der Waals surface area contributed by atoms with Crippen molar-refractivity contribution >= 4 is 21.6 Å². The van der Waals surface area contributed by atoms with Crippen molar-refractivity contribution < 1.29 is 8.42 Å². The Morgan fingerprint density at radius 1 is 1.20 bits per heavy atom. The van der Waals surface area contributed by atoms with Crippen LogP contribution in [-0.2, 0) is 16.4 Å². The minimum atomic E-state index is -3.24. The van der Waals surface area contributed by atoms with Gasteiger partial charge in [-0.1, -0.05) is 43.2 Å². The minimum absolute atomic E-state index is 0.0498. The van der Waals surface area contributed by atoms with E-state index in [1.807, 2.05) is 30.3 Å². The molecule has 0 aromatic heterocycles. The molecule has 0 N–H and O–H groups in total. The van der Waals surface area contributed by atoms with Crippen molar-refractivity contribution in [2.24, 2.45) is 0 Å². The lowest BCUT2D eigenvalue weighted by molar-refractivity contribution is 0.291. The molecule has 1 aliphatic carbocycles. The molecule has 1 fully saturated rings. The van der Waals surface area contributed by atoms with E-state index in [2.05, 4.69) is 0 Å². The van der Waals surface area contributed by atoms with Gasteiger partial charge in [0.1, 0.15) is 0 Å². The van der Waals surface area contributed by atoms with E-state index < -0.39 is 10.0 Å². The fourth-order valence-corrected chi connectivity index (χ4v) is 4.68. The molecular formula is C15H22ClNO2S. The zero-order chi connectivity index (χ0) is 14.6. The molecular weight excluding hydrogens is 294 g/mol. The first-order valence-corrected chi connectivity index (χ1v) is 9.19. The largest absolute Gasteiger partial charge is 0.214 e. The number of alkyl halides is 1. The average Bonchev–Trinajstić information content (AvgIpc) is 2.46. The molecule has 1 saturated carbocycles. The predicted octanol–water partition coefficient (Wildman–Crippen LogP) is 3.04. The summed E-state index contributed by atoms with van der Waals surface area (Å²) in [6, 6.07) is 9.67. The summed E-state index contributed by atoms with van der Waals surface area (Å²) in [7, 11) is -1.57. The smallest absolute Gasteiger partial charge is 0.212 e. The molecule has 2 rings (SSSR count). The van der Waals surface area contributed by atoms with Gasteiger partial charge >= 0.3 is 0 Å². The van der Waals surface area contributed by atoms with Crippen LogP contribution in [0.1, 0.15) is 31.2 Å². The van der Waals surface area contributed by atoms with Crippen LogP contribution in [0.15, 0.2) is 30.3 Å². The monoisotopic (exact) mass is 315 g/mol. The summed E-state index contributed by atoms with van der Waals surface area (Å²) >= 11 is 6.29. The van der Waals surface area contributed by atoms with Crippen molar-refractivity contribution in [2.45, 2.75) is 43.5 Å². The van der Waals surface area contributed by atoms with Crippen molar-refractivity contribution in [1.82, 2.24) is 4.31 Å². The van der Waals surface area contributed by atoms with Crippen LogP contribution >= 0.6 is 11.6 Å². The van der Waals surface area contributed by atoms with Gasteiger partial charge in [0.15, 0.2) is 0 Å². The highest BCUT2D eigenvalue weighted by Crippen LogP contribution is 2.28. The lowest BCUT2D eigenvalue weighted by Crippen LogP contribution is -2.45. The zero-order valence-corrected chi connectivity index (χ0v) is 13.4. The molecule has 1 aliphatic rings. The third-order valence-corrected chi connectivity index (χ3v) is 6.42. The number of benzene rings is 1. The Morgan fingerprint density at radius 2 is 1.85 bits per heavy atom. The first kappa shape index (κ1) is 15.8. The molecule has 3 nitrogen and oxygen atoms in total. The first-order chi connectivity index (χ1) is 9.50. The molecule has 0 saturated heterocycles. The van der Waals surface area contributed by atoms with E-state index in [9.17, 15) is 8.42 Å². The Bertz CT molecular complexity index is 518.